The van der Waals surface area contributed by atoms with Crippen molar-refractivity contribution in [3.05, 3.63) is 65.2 Å². The molecular weight excluding hydrogens is 276 g/mol. The Balaban J connectivity index is 1.64. The Hall–Kier alpha value is -2.42. The normalized spacial score (nSPS) is 10.2. The summed E-state index contributed by atoms with van der Waals surface area (Å²) in [5.41, 5.74) is 2.56. The van der Waals surface area contributed by atoms with Gasteiger partial charge in [0, 0.05) is 11.1 Å². The highest BCUT2D eigenvalue weighted by Crippen LogP contribution is 2.13. The van der Waals surface area contributed by atoms with Crippen LogP contribution in [-0.2, 0) is 6.42 Å². The zero-order valence-corrected chi connectivity index (χ0v) is 12.5. The zero-order chi connectivity index (χ0) is 15.6. The molecule has 0 bridgehead atoms. The first kappa shape index (κ1) is 16.0. The van der Waals surface area contributed by atoms with Gasteiger partial charge in [0.15, 0.2) is 0 Å². The third-order valence-corrected chi connectivity index (χ3v) is 3.46. The van der Waals surface area contributed by atoms with Crippen molar-refractivity contribution in [1.29, 1.82) is 0 Å². The molecular formula is C19H20O3. The molecule has 0 N–H and O–H groups in total. The molecule has 0 aliphatic carbocycles. The Morgan fingerprint density at radius 1 is 0.818 bits per heavy atom. The topological polar surface area (TPSA) is 43.4 Å². The standard InChI is InChI=1S/C19H20O3/c20-14-17-8-4-7-16(12-17)6-2-1-3-11-22-19-10-5-9-18(13-19)15-21/h4-5,7-10,12-15H,1-3,6,11H2. The Kier molecular flexibility index (Phi) is 6.37. The first-order chi connectivity index (χ1) is 10.8. The molecule has 0 radical (unpaired) electrons. The van der Waals surface area contributed by atoms with E-state index in [2.05, 4.69) is 6.07 Å². The van der Waals surface area contributed by atoms with Crippen LogP contribution in [0.3, 0.4) is 0 Å². The van der Waals surface area contributed by atoms with E-state index in [0.717, 1.165) is 49.6 Å². The van der Waals surface area contributed by atoms with E-state index in [-0.39, 0.29) is 0 Å². The number of carbonyl (C=O) groups excluding carboxylic acids is 2. The molecule has 0 heterocycles. The minimum atomic E-state index is 0.632. The van der Waals surface area contributed by atoms with Gasteiger partial charge < -0.3 is 4.74 Å². The summed E-state index contributed by atoms with van der Waals surface area (Å²) < 4.78 is 5.63. The van der Waals surface area contributed by atoms with Crippen molar-refractivity contribution in [3.8, 4) is 5.75 Å². The van der Waals surface area contributed by atoms with E-state index in [1.165, 1.54) is 5.56 Å². The van der Waals surface area contributed by atoms with E-state index in [4.69, 9.17) is 4.74 Å². The van der Waals surface area contributed by atoms with Crippen LogP contribution in [-0.4, -0.2) is 19.2 Å². The van der Waals surface area contributed by atoms with Crippen LogP contribution in [0.1, 0.15) is 45.5 Å². The van der Waals surface area contributed by atoms with Crippen LogP contribution in [0.25, 0.3) is 0 Å². The van der Waals surface area contributed by atoms with Crippen molar-refractivity contribution < 1.29 is 14.3 Å². The van der Waals surface area contributed by atoms with Gasteiger partial charge in [-0.1, -0.05) is 30.3 Å². The summed E-state index contributed by atoms with van der Waals surface area (Å²) in [6, 6.07) is 14.9. The lowest BCUT2D eigenvalue weighted by atomic mass is 10.1. The lowest BCUT2D eigenvalue weighted by molar-refractivity contribution is 0.111. The second-order valence-corrected chi connectivity index (χ2v) is 5.21. The zero-order valence-electron chi connectivity index (χ0n) is 12.5. The van der Waals surface area contributed by atoms with Crippen LogP contribution < -0.4 is 4.74 Å². The Bertz CT molecular complexity index is 564. The lowest BCUT2D eigenvalue weighted by Gasteiger charge is -2.06. The van der Waals surface area contributed by atoms with E-state index in [1.807, 2.05) is 30.3 Å². The fourth-order valence-corrected chi connectivity index (χ4v) is 2.30. The summed E-state index contributed by atoms with van der Waals surface area (Å²) in [6.07, 6.45) is 5.78. The SMILES string of the molecule is O=Cc1cccc(CCCCCOc2cccc(C=O)c2)c1. The molecule has 2 aromatic carbocycles. The van der Waals surface area contributed by atoms with E-state index >= 15 is 0 Å². The summed E-state index contributed by atoms with van der Waals surface area (Å²) in [7, 11) is 0. The van der Waals surface area contributed by atoms with Crippen LogP contribution >= 0.6 is 0 Å². The Morgan fingerprint density at radius 2 is 1.55 bits per heavy atom. The molecule has 2 aromatic rings. The van der Waals surface area contributed by atoms with Gasteiger partial charge in [-0.25, -0.2) is 0 Å². The Morgan fingerprint density at radius 3 is 2.32 bits per heavy atom. The number of hydrogen-bond donors (Lipinski definition) is 0. The Labute approximate surface area is 130 Å². The number of aldehydes is 2. The minimum absolute atomic E-state index is 0.632. The van der Waals surface area contributed by atoms with Crippen molar-refractivity contribution in [2.75, 3.05) is 6.61 Å². The van der Waals surface area contributed by atoms with Gasteiger partial charge >= 0.3 is 0 Å². The van der Waals surface area contributed by atoms with Gasteiger partial charge in [-0.3, -0.25) is 9.59 Å². The van der Waals surface area contributed by atoms with Crippen LogP contribution in [0.2, 0.25) is 0 Å². The molecule has 3 heteroatoms. The maximum Gasteiger partial charge on any atom is 0.150 e. The fourth-order valence-electron chi connectivity index (χ4n) is 2.30. The minimum Gasteiger partial charge on any atom is -0.494 e. The highest BCUT2D eigenvalue weighted by Gasteiger charge is 1.98. The molecule has 3 nitrogen and oxygen atoms in total. The van der Waals surface area contributed by atoms with Gasteiger partial charge in [0.05, 0.1) is 6.61 Å². The molecule has 0 aliphatic heterocycles. The third kappa shape index (κ3) is 5.17. The first-order valence-electron chi connectivity index (χ1n) is 7.54. The fraction of sp³-hybridized carbons (Fsp3) is 0.263. The van der Waals surface area contributed by atoms with Crippen molar-refractivity contribution in [2.24, 2.45) is 0 Å². The number of carbonyl (C=O) groups is 2. The quantitative estimate of drug-likeness (QED) is 0.517. The van der Waals surface area contributed by atoms with E-state index in [1.54, 1.807) is 12.1 Å². The number of unbranched alkanes of at least 4 members (excludes halogenated alkanes) is 2. The molecule has 0 spiro atoms. The predicted octanol–water partition coefficient (Wildman–Crippen LogP) is 4.10. The van der Waals surface area contributed by atoms with Gasteiger partial charge in [0.1, 0.15) is 18.3 Å². The van der Waals surface area contributed by atoms with Gasteiger partial charge in [-0.05, 0) is 49.4 Å². The largest absolute Gasteiger partial charge is 0.494 e. The maximum absolute atomic E-state index is 10.7. The van der Waals surface area contributed by atoms with E-state index in [9.17, 15) is 9.59 Å². The number of benzene rings is 2. The van der Waals surface area contributed by atoms with Crippen LogP contribution in [0.15, 0.2) is 48.5 Å². The molecule has 0 aliphatic rings. The number of ether oxygens (including phenoxy) is 1. The summed E-state index contributed by atoms with van der Waals surface area (Å²) in [4.78, 5) is 21.4. The summed E-state index contributed by atoms with van der Waals surface area (Å²) in [5.74, 6) is 0.739. The maximum atomic E-state index is 10.7. The lowest BCUT2D eigenvalue weighted by Crippen LogP contribution is -1.98. The summed E-state index contributed by atoms with van der Waals surface area (Å²) >= 11 is 0. The molecule has 0 atom stereocenters. The molecule has 0 saturated carbocycles. The van der Waals surface area contributed by atoms with Crippen LogP contribution in [0, 0.1) is 0 Å². The van der Waals surface area contributed by atoms with Gasteiger partial charge in [0.2, 0.25) is 0 Å². The van der Waals surface area contributed by atoms with Gasteiger partial charge in [-0.15, -0.1) is 0 Å². The van der Waals surface area contributed by atoms with Gasteiger partial charge in [-0.2, -0.15) is 0 Å². The van der Waals surface area contributed by atoms with Crippen molar-refractivity contribution in [3.63, 3.8) is 0 Å². The molecule has 22 heavy (non-hydrogen) atoms. The second-order valence-electron chi connectivity index (χ2n) is 5.21. The summed E-state index contributed by atoms with van der Waals surface area (Å²) in [5, 5.41) is 0. The summed E-state index contributed by atoms with van der Waals surface area (Å²) in [6.45, 7) is 0.649. The van der Waals surface area contributed by atoms with Crippen molar-refractivity contribution in [2.45, 2.75) is 25.7 Å². The van der Waals surface area contributed by atoms with E-state index < -0.39 is 0 Å². The molecule has 0 fully saturated rings. The van der Waals surface area contributed by atoms with Crippen molar-refractivity contribution in [1.82, 2.24) is 0 Å². The molecule has 2 rings (SSSR count). The molecule has 0 aromatic heterocycles. The average molecular weight is 296 g/mol. The van der Waals surface area contributed by atoms with Crippen LogP contribution in [0.4, 0.5) is 0 Å². The number of hydrogen-bond acceptors (Lipinski definition) is 3. The van der Waals surface area contributed by atoms with Gasteiger partial charge in [0.25, 0.3) is 0 Å². The highest BCUT2D eigenvalue weighted by atomic mass is 16.5. The molecule has 0 amide bonds. The number of aryl methyl sites for hydroxylation is 1. The second kappa shape index (κ2) is 8.78. The highest BCUT2D eigenvalue weighted by molar-refractivity contribution is 5.75. The van der Waals surface area contributed by atoms with E-state index in [0.29, 0.717) is 12.2 Å². The molecule has 0 unspecified atom stereocenters. The van der Waals surface area contributed by atoms with Crippen molar-refractivity contribution >= 4 is 12.6 Å². The monoisotopic (exact) mass is 296 g/mol. The first-order valence-corrected chi connectivity index (χ1v) is 7.54. The molecule has 114 valence electrons. The third-order valence-electron chi connectivity index (χ3n) is 3.46. The number of rotatable bonds is 9. The van der Waals surface area contributed by atoms with Crippen LogP contribution in [0.5, 0.6) is 5.75 Å². The predicted molar refractivity (Wildman–Crippen MR) is 86.7 cm³/mol. The smallest absolute Gasteiger partial charge is 0.150 e. The average Bonchev–Trinajstić information content (AvgIpc) is 2.58. The molecule has 0 saturated heterocycles.